The van der Waals surface area contributed by atoms with E-state index in [0.29, 0.717) is 18.9 Å². The number of fused-ring (bicyclic) bond motifs is 1. The minimum atomic E-state index is -0.144. The number of carbonyl (C=O) groups is 1. The number of nitrogens with two attached hydrogens (primary N) is 1. The van der Waals surface area contributed by atoms with E-state index < -0.39 is 0 Å². The van der Waals surface area contributed by atoms with Crippen molar-refractivity contribution in [2.45, 2.75) is 12.5 Å². The quantitative estimate of drug-likeness (QED) is 0.588. The largest absolute Gasteiger partial charge is 0.328 e. The van der Waals surface area contributed by atoms with Crippen molar-refractivity contribution in [2.24, 2.45) is 15.7 Å². The van der Waals surface area contributed by atoms with Gasteiger partial charge in [0.1, 0.15) is 0 Å². The van der Waals surface area contributed by atoms with Crippen LogP contribution in [0.25, 0.3) is 0 Å². The summed E-state index contributed by atoms with van der Waals surface area (Å²) in [5.41, 5.74) is 5.54. The van der Waals surface area contributed by atoms with Gasteiger partial charge in [0.15, 0.2) is 0 Å². The summed E-state index contributed by atoms with van der Waals surface area (Å²) in [7, 11) is 0. The minimum Gasteiger partial charge on any atom is -0.328 e. The molecule has 0 bridgehead atoms. The molecule has 13 heavy (non-hydrogen) atoms. The molecule has 0 radical (unpaired) electrons. The van der Waals surface area contributed by atoms with Gasteiger partial charge in [-0.05, 0) is 6.08 Å². The van der Waals surface area contributed by atoms with E-state index in [0.717, 1.165) is 0 Å². The van der Waals surface area contributed by atoms with Gasteiger partial charge in [-0.2, -0.15) is 4.99 Å². The third-order valence-electron chi connectivity index (χ3n) is 2.05. The Morgan fingerprint density at radius 3 is 3.31 bits per heavy atom. The molecule has 0 spiro atoms. The number of aliphatic imine (C=N–C) groups is 2. The molecule has 0 aromatic carbocycles. The lowest BCUT2D eigenvalue weighted by Gasteiger charge is -2.31. The Hall–Kier alpha value is -1.49. The molecule has 2 rings (SSSR count). The number of amides is 1. The highest BCUT2D eigenvalue weighted by molar-refractivity contribution is 6.02. The van der Waals surface area contributed by atoms with Gasteiger partial charge >= 0.3 is 0 Å². The lowest BCUT2D eigenvalue weighted by Crippen LogP contribution is -2.45. The van der Waals surface area contributed by atoms with Crippen LogP contribution in [-0.4, -0.2) is 35.6 Å². The smallest absolute Gasteiger partial charge is 0.251 e. The second-order valence-electron chi connectivity index (χ2n) is 2.93. The number of nitrogens with zero attached hydrogens (tertiary/aromatic N) is 3. The number of allylic oxidation sites excluding steroid dienone is 1. The van der Waals surface area contributed by atoms with Crippen molar-refractivity contribution < 1.29 is 4.79 Å². The van der Waals surface area contributed by atoms with Crippen molar-refractivity contribution in [1.29, 1.82) is 0 Å². The maximum atomic E-state index is 11.1. The highest BCUT2D eigenvalue weighted by Crippen LogP contribution is 2.15. The Bertz CT molecular complexity index is 318. The number of hydrogen-bond donors (Lipinski definition) is 1. The van der Waals surface area contributed by atoms with Gasteiger partial charge < -0.3 is 10.6 Å². The monoisotopic (exact) mass is 178 g/mol. The first-order valence-corrected chi connectivity index (χ1v) is 4.12. The molecule has 1 atom stereocenters. The van der Waals surface area contributed by atoms with Crippen molar-refractivity contribution in [2.75, 3.05) is 6.54 Å². The molecular weight excluding hydrogens is 168 g/mol. The van der Waals surface area contributed by atoms with Crippen LogP contribution in [0.15, 0.2) is 22.3 Å². The zero-order valence-corrected chi connectivity index (χ0v) is 7.05. The second-order valence-corrected chi connectivity index (χ2v) is 2.93. The van der Waals surface area contributed by atoms with Gasteiger partial charge in [0.05, 0.1) is 12.5 Å². The topological polar surface area (TPSA) is 71.0 Å². The highest BCUT2D eigenvalue weighted by atomic mass is 16.1. The van der Waals surface area contributed by atoms with Crippen LogP contribution >= 0.6 is 0 Å². The van der Waals surface area contributed by atoms with Gasteiger partial charge in [0, 0.05) is 19.0 Å². The molecule has 5 heteroatoms. The first kappa shape index (κ1) is 8.12. The molecule has 0 saturated heterocycles. The van der Waals surface area contributed by atoms with Crippen molar-refractivity contribution in [3.63, 3.8) is 0 Å². The average molecular weight is 178 g/mol. The summed E-state index contributed by atoms with van der Waals surface area (Å²) in [6.07, 6.45) is 5.63. The van der Waals surface area contributed by atoms with Crippen LogP contribution in [0.2, 0.25) is 0 Å². The van der Waals surface area contributed by atoms with Crippen LogP contribution in [0.1, 0.15) is 6.42 Å². The van der Waals surface area contributed by atoms with Gasteiger partial charge in [-0.3, -0.25) is 4.79 Å². The minimum absolute atomic E-state index is 0.00806. The molecule has 2 N–H and O–H groups in total. The predicted molar refractivity (Wildman–Crippen MR) is 49.4 cm³/mol. The SMILES string of the molecule is NCC1CC(=O)N=C2N=CC=CN21. The molecule has 1 amide bonds. The van der Waals surface area contributed by atoms with E-state index in [9.17, 15) is 4.79 Å². The summed E-state index contributed by atoms with van der Waals surface area (Å²) in [5.74, 6) is 0.309. The van der Waals surface area contributed by atoms with E-state index in [1.54, 1.807) is 12.3 Å². The number of hydrogen-bond acceptors (Lipinski definition) is 4. The van der Waals surface area contributed by atoms with Crippen LogP contribution in [0.3, 0.4) is 0 Å². The van der Waals surface area contributed by atoms with Gasteiger partial charge in [-0.1, -0.05) is 0 Å². The van der Waals surface area contributed by atoms with Crippen LogP contribution in [0.4, 0.5) is 0 Å². The fraction of sp³-hybridized carbons (Fsp3) is 0.375. The van der Waals surface area contributed by atoms with E-state index in [2.05, 4.69) is 9.98 Å². The molecule has 0 fully saturated rings. The van der Waals surface area contributed by atoms with Crippen LogP contribution in [0, 0.1) is 0 Å². The third-order valence-corrected chi connectivity index (χ3v) is 2.05. The van der Waals surface area contributed by atoms with Crippen LogP contribution in [-0.2, 0) is 4.79 Å². The summed E-state index contributed by atoms with van der Waals surface area (Å²) >= 11 is 0. The molecular formula is C8H10N4O. The molecule has 1 unspecified atom stereocenters. The zero-order valence-electron chi connectivity index (χ0n) is 7.05. The number of guanidine groups is 1. The molecule has 2 heterocycles. The Kier molecular flexibility index (Phi) is 1.94. The predicted octanol–water partition coefficient (Wildman–Crippen LogP) is -0.500. The maximum absolute atomic E-state index is 11.1. The standard InChI is InChI=1S/C8H10N4O/c9-5-6-4-7(13)11-8-10-2-1-3-12(6)8/h1-3,6H,4-5,9H2. The molecule has 0 saturated carbocycles. The molecule has 68 valence electrons. The first-order valence-electron chi connectivity index (χ1n) is 4.12. The lowest BCUT2D eigenvalue weighted by molar-refractivity contribution is -0.119. The first-order chi connectivity index (χ1) is 6.31. The van der Waals surface area contributed by atoms with E-state index in [-0.39, 0.29) is 11.9 Å². The van der Waals surface area contributed by atoms with Gasteiger partial charge in [-0.25, -0.2) is 4.99 Å². The van der Waals surface area contributed by atoms with Crippen molar-refractivity contribution in [3.8, 4) is 0 Å². The Balaban J connectivity index is 2.32. The fourth-order valence-corrected chi connectivity index (χ4v) is 1.40. The summed E-state index contributed by atoms with van der Waals surface area (Å²) < 4.78 is 0. The van der Waals surface area contributed by atoms with E-state index >= 15 is 0 Å². The van der Waals surface area contributed by atoms with Crippen molar-refractivity contribution in [1.82, 2.24) is 4.90 Å². The third kappa shape index (κ3) is 1.38. The summed E-state index contributed by atoms with van der Waals surface area (Å²) in [5, 5.41) is 0. The van der Waals surface area contributed by atoms with E-state index in [1.165, 1.54) is 0 Å². The number of carbonyl (C=O) groups excluding carboxylic acids is 1. The Morgan fingerprint density at radius 2 is 2.54 bits per heavy atom. The van der Waals surface area contributed by atoms with Crippen LogP contribution in [0.5, 0.6) is 0 Å². The van der Waals surface area contributed by atoms with Crippen molar-refractivity contribution in [3.05, 3.63) is 12.3 Å². The lowest BCUT2D eigenvalue weighted by atomic mass is 10.1. The van der Waals surface area contributed by atoms with Gasteiger partial charge in [0.2, 0.25) is 5.96 Å². The molecule has 2 aliphatic rings. The van der Waals surface area contributed by atoms with Crippen LogP contribution < -0.4 is 5.73 Å². The Labute approximate surface area is 75.6 Å². The molecule has 2 aliphatic heterocycles. The maximum Gasteiger partial charge on any atom is 0.251 e. The summed E-state index contributed by atoms with van der Waals surface area (Å²) in [6.45, 7) is 0.435. The summed E-state index contributed by atoms with van der Waals surface area (Å²) in [6, 6.07) is 0.00806. The molecule has 0 aromatic heterocycles. The summed E-state index contributed by atoms with van der Waals surface area (Å²) in [4.78, 5) is 20.7. The normalized spacial score (nSPS) is 25.9. The zero-order chi connectivity index (χ0) is 9.26. The molecule has 0 aromatic rings. The van der Waals surface area contributed by atoms with Gasteiger partial charge in [-0.15, -0.1) is 0 Å². The van der Waals surface area contributed by atoms with Gasteiger partial charge in [0.25, 0.3) is 5.91 Å². The fourth-order valence-electron chi connectivity index (χ4n) is 1.40. The number of rotatable bonds is 1. The molecule has 5 nitrogen and oxygen atoms in total. The average Bonchev–Trinajstić information content (AvgIpc) is 2.16. The Morgan fingerprint density at radius 1 is 1.69 bits per heavy atom. The van der Waals surface area contributed by atoms with E-state index in [4.69, 9.17) is 5.73 Å². The highest BCUT2D eigenvalue weighted by Gasteiger charge is 2.27. The second kappa shape index (κ2) is 3.10. The van der Waals surface area contributed by atoms with Crippen molar-refractivity contribution >= 4 is 18.1 Å². The van der Waals surface area contributed by atoms with E-state index in [1.807, 2.05) is 11.1 Å². The molecule has 0 aliphatic carbocycles.